The maximum atomic E-state index is 13.4. The minimum atomic E-state index is -0.688. The van der Waals surface area contributed by atoms with E-state index in [0.29, 0.717) is 43.4 Å². The fraction of sp³-hybridized carbons (Fsp3) is 0.333. The Bertz CT molecular complexity index is 1240. The van der Waals surface area contributed by atoms with E-state index >= 15 is 0 Å². The number of hydrogen-bond acceptors (Lipinski definition) is 8. The molecule has 1 aromatic heterocycles. The summed E-state index contributed by atoms with van der Waals surface area (Å²) in [5, 5.41) is 5.78. The van der Waals surface area contributed by atoms with Crippen LogP contribution in [-0.2, 0) is 4.74 Å². The van der Waals surface area contributed by atoms with Crippen molar-refractivity contribution < 1.29 is 19.1 Å². The van der Waals surface area contributed by atoms with E-state index < -0.39 is 11.7 Å². The van der Waals surface area contributed by atoms with Crippen molar-refractivity contribution >= 4 is 35.0 Å². The predicted octanol–water partition coefficient (Wildman–Crippen LogP) is 4.54. The molecule has 37 heavy (non-hydrogen) atoms. The van der Waals surface area contributed by atoms with Crippen molar-refractivity contribution in [2.24, 2.45) is 0 Å². The van der Waals surface area contributed by atoms with Gasteiger partial charge in [-0.25, -0.2) is 14.8 Å². The lowest BCUT2D eigenvalue weighted by molar-refractivity contribution is 0.0633. The molecule has 2 aromatic carbocycles. The molecule has 0 atom stereocenters. The number of ether oxygens (including phenoxy) is 2. The minimum absolute atomic E-state index is 0.0286. The van der Waals surface area contributed by atoms with Crippen LogP contribution in [0.2, 0.25) is 0 Å². The van der Waals surface area contributed by atoms with Crippen molar-refractivity contribution in [3.8, 4) is 5.75 Å². The van der Waals surface area contributed by atoms with Gasteiger partial charge in [0.1, 0.15) is 23.0 Å². The van der Waals surface area contributed by atoms with Crippen LogP contribution in [0, 0.1) is 0 Å². The number of nitrogens with zero attached hydrogens (tertiary/aromatic N) is 4. The second-order valence-corrected chi connectivity index (χ2v) is 9.53. The topological polar surface area (TPSA) is 109 Å². The Morgan fingerprint density at radius 3 is 2.22 bits per heavy atom. The molecule has 1 saturated heterocycles. The smallest absolute Gasteiger partial charge is 0.413 e. The number of carbonyl (C=O) groups is 2. The number of rotatable bonds is 6. The summed E-state index contributed by atoms with van der Waals surface area (Å²) in [7, 11) is 1.57. The molecule has 1 aliphatic heterocycles. The van der Waals surface area contributed by atoms with Crippen molar-refractivity contribution in [2.75, 3.05) is 48.8 Å². The molecular weight excluding hydrogens is 472 g/mol. The molecule has 2 heterocycles. The summed E-state index contributed by atoms with van der Waals surface area (Å²) >= 11 is 0. The molecule has 2 N–H and O–H groups in total. The summed E-state index contributed by atoms with van der Waals surface area (Å²) in [5.41, 5.74) is 1.09. The normalized spacial score (nSPS) is 13.6. The third kappa shape index (κ3) is 6.87. The first kappa shape index (κ1) is 25.7. The number of hydrogen-bond donors (Lipinski definition) is 2. The highest BCUT2D eigenvalue weighted by molar-refractivity contribution is 5.92. The van der Waals surface area contributed by atoms with Crippen LogP contribution >= 0.6 is 0 Å². The number of benzene rings is 2. The average molecular weight is 505 g/mol. The third-order valence-corrected chi connectivity index (χ3v) is 5.60. The van der Waals surface area contributed by atoms with E-state index in [0.717, 1.165) is 5.69 Å². The summed E-state index contributed by atoms with van der Waals surface area (Å²) in [4.78, 5) is 38.6. The van der Waals surface area contributed by atoms with Crippen molar-refractivity contribution in [1.82, 2.24) is 14.9 Å². The Hall–Kier alpha value is -4.34. The van der Waals surface area contributed by atoms with E-state index in [2.05, 4.69) is 37.6 Å². The first-order valence-corrected chi connectivity index (χ1v) is 12.1. The third-order valence-electron chi connectivity index (χ3n) is 5.60. The average Bonchev–Trinajstić information content (AvgIpc) is 2.88. The zero-order chi connectivity index (χ0) is 26.4. The lowest BCUT2D eigenvalue weighted by Gasteiger charge is -2.35. The molecule has 0 bridgehead atoms. The zero-order valence-corrected chi connectivity index (χ0v) is 21.5. The van der Waals surface area contributed by atoms with Crippen LogP contribution in [0.15, 0.2) is 60.7 Å². The highest BCUT2D eigenvalue weighted by Crippen LogP contribution is 2.27. The summed E-state index contributed by atoms with van der Waals surface area (Å²) in [6.07, 6.45) is -0.677. The predicted molar refractivity (Wildman–Crippen MR) is 143 cm³/mol. The molecule has 10 heteroatoms. The number of amides is 2. The van der Waals surface area contributed by atoms with E-state index in [1.165, 1.54) is 0 Å². The SMILES string of the molecule is COc1ccccc1Nc1cc(NC(=O)OC(C)(C)C)nc(C(=O)N2CCN(c3ccccc3)CC2)n1. The van der Waals surface area contributed by atoms with Gasteiger partial charge >= 0.3 is 6.09 Å². The lowest BCUT2D eigenvalue weighted by atomic mass is 10.2. The van der Waals surface area contributed by atoms with Gasteiger partial charge in [0.2, 0.25) is 5.82 Å². The van der Waals surface area contributed by atoms with Gasteiger partial charge < -0.3 is 24.6 Å². The molecule has 194 valence electrons. The number of para-hydroxylation sites is 3. The van der Waals surface area contributed by atoms with Crippen LogP contribution in [-0.4, -0.2) is 65.8 Å². The monoisotopic (exact) mass is 504 g/mol. The molecule has 0 spiro atoms. The first-order valence-electron chi connectivity index (χ1n) is 12.1. The number of nitrogens with one attached hydrogen (secondary N) is 2. The van der Waals surface area contributed by atoms with Crippen LogP contribution in [0.1, 0.15) is 31.4 Å². The van der Waals surface area contributed by atoms with Gasteiger partial charge in [0.05, 0.1) is 12.8 Å². The molecule has 0 unspecified atom stereocenters. The van der Waals surface area contributed by atoms with Gasteiger partial charge in [0.25, 0.3) is 5.91 Å². The Labute approximate surface area is 216 Å². The molecule has 0 aliphatic carbocycles. The summed E-state index contributed by atoms with van der Waals surface area (Å²) in [6.45, 7) is 7.74. The van der Waals surface area contributed by atoms with Crippen LogP contribution in [0.25, 0.3) is 0 Å². The van der Waals surface area contributed by atoms with Gasteiger partial charge in [-0.15, -0.1) is 0 Å². The second kappa shape index (κ2) is 11.2. The van der Waals surface area contributed by atoms with Gasteiger partial charge in [-0.3, -0.25) is 10.1 Å². The van der Waals surface area contributed by atoms with E-state index in [1.807, 2.05) is 42.5 Å². The lowest BCUT2D eigenvalue weighted by Crippen LogP contribution is -2.49. The van der Waals surface area contributed by atoms with Crippen molar-refractivity contribution in [2.45, 2.75) is 26.4 Å². The van der Waals surface area contributed by atoms with Gasteiger partial charge in [-0.2, -0.15) is 0 Å². The van der Waals surface area contributed by atoms with Gasteiger partial charge in [0, 0.05) is 37.9 Å². The number of methoxy groups -OCH3 is 1. The molecule has 1 aliphatic rings. The number of aromatic nitrogens is 2. The summed E-state index contributed by atoms with van der Waals surface area (Å²) in [5.74, 6) is 0.736. The molecule has 2 amide bonds. The molecule has 10 nitrogen and oxygen atoms in total. The molecule has 4 rings (SSSR count). The zero-order valence-electron chi connectivity index (χ0n) is 21.5. The Morgan fingerprint density at radius 2 is 1.54 bits per heavy atom. The van der Waals surface area contributed by atoms with E-state index in [1.54, 1.807) is 38.8 Å². The highest BCUT2D eigenvalue weighted by Gasteiger charge is 2.26. The van der Waals surface area contributed by atoms with Crippen molar-refractivity contribution in [1.29, 1.82) is 0 Å². The van der Waals surface area contributed by atoms with E-state index in [9.17, 15) is 9.59 Å². The number of piperazine rings is 1. The van der Waals surface area contributed by atoms with Crippen LogP contribution in [0.5, 0.6) is 5.75 Å². The van der Waals surface area contributed by atoms with E-state index in [-0.39, 0.29) is 17.5 Å². The molecular formula is C27H32N6O4. The Morgan fingerprint density at radius 1 is 0.892 bits per heavy atom. The van der Waals surface area contributed by atoms with Crippen molar-refractivity contribution in [3.05, 3.63) is 66.5 Å². The molecule has 3 aromatic rings. The Kier molecular flexibility index (Phi) is 7.76. The molecule has 0 radical (unpaired) electrons. The van der Waals surface area contributed by atoms with Crippen LogP contribution in [0.3, 0.4) is 0 Å². The van der Waals surface area contributed by atoms with Gasteiger partial charge in [-0.1, -0.05) is 30.3 Å². The summed E-state index contributed by atoms with van der Waals surface area (Å²) < 4.78 is 10.8. The number of carbonyl (C=O) groups excluding carboxylic acids is 2. The van der Waals surface area contributed by atoms with Crippen molar-refractivity contribution in [3.63, 3.8) is 0 Å². The molecule has 0 saturated carbocycles. The van der Waals surface area contributed by atoms with Crippen LogP contribution in [0.4, 0.5) is 27.8 Å². The summed E-state index contributed by atoms with van der Waals surface area (Å²) in [6, 6.07) is 19.0. The van der Waals surface area contributed by atoms with Crippen LogP contribution < -0.4 is 20.3 Å². The van der Waals surface area contributed by atoms with Gasteiger partial charge in [0.15, 0.2) is 0 Å². The highest BCUT2D eigenvalue weighted by atomic mass is 16.6. The standard InChI is InChI=1S/C27H32N6O4/c1-27(2,3)37-26(35)31-23-18-22(28-20-12-8-9-13-21(20)36-4)29-24(30-23)25(34)33-16-14-32(15-17-33)19-10-6-5-7-11-19/h5-13,18H,14-17H2,1-4H3,(H2,28,29,30,31,35). The second-order valence-electron chi connectivity index (χ2n) is 9.53. The first-order chi connectivity index (χ1) is 17.7. The quantitative estimate of drug-likeness (QED) is 0.504. The fourth-order valence-electron chi connectivity index (χ4n) is 3.91. The largest absolute Gasteiger partial charge is 0.495 e. The number of anilines is 4. The fourth-order valence-corrected chi connectivity index (χ4v) is 3.91. The Balaban J connectivity index is 1.56. The molecule has 1 fully saturated rings. The maximum Gasteiger partial charge on any atom is 0.413 e. The van der Waals surface area contributed by atoms with Gasteiger partial charge in [-0.05, 0) is 45.0 Å². The maximum absolute atomic E-state index is 13.4. The minimum Gasteiger partial charge on any atom is -0.495 e. The van der Waals surface area contributed by atoms with E-state index in [4.69, 9.17) is 9.47 Å².